The quantitative estimate of drug-likeness (QED) is 0.421. The second kappa shape index (κ2) is 8.96. The molecule has 0 radical (unpaired) electrons. The second-order valence-corrected chi connectivity index (χ2v) is 8.09. The molecule has 4 heteroatoms. The number of hydrogen-bond donors (Lipinski definition) is 2. The highest BCUT2D eigenvalue weighted by Crippen LogP contribution is 2.47. The van der Waals surface area contributed by atoms with Crippen LogP contribution >= 0.6 is 0 Å². The lowest BCUT2D eigenvalue weighted by Gasteiger charge is -2.32. The van der Waals surface area contributed by atoms with E-state index in [1.54, 1.807) is 0 Å². The van der Waals surface area contributed by atoms with Gasteiger partial charge in [-0.05, 0) is 33.7 Å². The van der Waals surface area contributed by atoms with E-state index in [0.717, 1.165) is 44.2 Å². The van der Waals surface area contributed by atoms with Gasteiger partial charge >= 0.3 is 0 Å². The SMILES string of the molecule is CC(C)(c1c(OCCO)ccc2ccccc12)c1c(OCCO)ccc2ccccc12. The van der Waals surface area contributed by atoms with Crippen LogP contribution in [0.15, 0.2) is 72.8 Å². The minimum Gasteiger partial charge on any atom is -0.491 e. The van der Waals surface area contributed by atoms with E-state index in [-0.39, 0.29) is 26.4 Å². The van der Waals surface area contributed by atoms with Crippen molar-refractivity contribution in [2.75, 3.05) is 26.4 Å². The van der Waals surface area contributed by atoms with Crippen molar-refractivity contribution in [1.29, 1.82) is 0 Å². The number of hydrogen-bond acceptors (Lipinski definition) is 4. The Balaban J connectivity index is 2.03. The summed E-state index contributed by atoms with van der Waals surface area (Å²) in [6.07, 6.45) is 0. The van der Waals surface area contributed by atoms with Gasteiger partial charge in [-0.15, -0.1) is 0 Å². The van der Waals surface area contributed by atoms with E-state index in [0.29, 0.717) is 0 Å². The molecule has 0 spiro atoms. The standard InChI is InChI=1S/C27H28O4/c1-27(2,25-21-9-5-3-7-19(21)11-13-23(25)30-17-15-28)26-22-10-6-4-8-20(22)12-14-24(26)31-18-16-29/h3-14,28-29H,15-18H2,1-2H3. The summed E-state index contributed by atoms with van der Waals surface area (Å²) in [4.78, 5) is 0. The summed E-state index contributed by atoms with van der Waals surface area (Å²) in [6, 6.07) is 24.6. The second-order valence-electron chi connectivity index (χ2n) is 8.09. The summed E-state index contributed by atoms with van der Waals surface area (Å²) < 4.78 is 12.0. The third-order valence-electron chi connectivity index (χ3n) is 5.73. The molecule has 0 aliphatic carbocycles. The van der Waals surface area contributed by atoms with Gasteiger partial charge in [0, 0.05) is 16.5 Å². The highest BCUT2D eigenvalue weighted by molar-refractivity contribution is 5.93. The van der Waals surface area contributed by atoms with Crippen molar-refractivity contribution < 1.29 is 19.7 Å². The first-order valence-electron chi connectivity index (χ1n) is 10.6. The van der Waals surface area contributed by atoms with Crippen molar-refractivity contribution in [1.82, 2.24) is 0 Å². The number of ether oxygens (including phenoxy) is 2. The Morgan fingerprint density at radius 3 is 1.45 bits per heavy atom. The average molecular weight is 417 g/mol. The van der Waals surface area contributed by atoms with Crippen LogP contribution in [0.3, 0.4) is 0 Å². The maximum atomic E-state index is 9.37. The maximum absolute atomic E-state index is 9.37. The molecule has 0 aliphatic heterocycles. The number of aliphatic hydroxyl groups is 2. The average Bonchev–Trinajstić information content (AvgIpc) is 2.80. The summed E-state index contributed by atoms with van der Waals surface area (Å²) in [5, 5.41) is 23.2. The highest BCUT2D eigenvalue weighted by Gasteiger charge is 2.33. The van der Waals surface area contributed by atoms with E-state index in [9.17, 15) is 10.2 Å². The van der Waals surface area contributed by atoms with Gasteiger partial charge in [0.1, 0.15) is 24.7 Å². The molecule has 0 amide bonds. The largest absolute Gasteiger partial charge is 0.491 e. The highest BCUT2D eigenvalue weighted by atomic mass is 16.5. The predicted molar refractivity (Wildman–Crippen MR) is 125 cm³/mol. The van der Waals surface area contributed by atoms with E-state index in [1.165, 1.54) is 0 Å². The van der Waals surface area contributed by atoms with Crippen LogP contribution in [0, 0.1) is 0 Å². The number of aliphatic hydroxyl groups excluding tert-OH is 2. The molecule has 4 aromatic carbocycles. The van der Waals surface area contributed by atoms with Crippen molar-refractivity contribution in [3.8, 4) is 11.5 Å². The van der Waals surface area contributed by atoms with Crippen molar-refractivity contribution >= 4 is 21.5 Å². The molecule has 4 nitrogen and oxygen atoms in total. The summed E-state index contributed by atoms with van der Waals surface area (Å²) >= 11 is 0. The summed E-state index contributed by atoms with van der Waals surface area (Å²) in [5.74, 6) is 1.50. The van der Waals surface area contributed by atoms with E-state index in [1.807, 2.05) is 48.5 Å². The first-order chi connectivity index (χ1) is 15.1. The molecule has 2 N–H and O–H groups in total. The predicted octanol–water partition coefficient (Wildman–Crippen LogP) is 5.06. The summed E-state index contributed by atoms with van der Waals surface area (Å²) in [7, 11) is 0. The van der Waals surface area contributed by atoms with Crippen molar-refractivity contribution in [2.45, 2.75) is 19.3 Å². The molecule has 0 aromatic heterocycles. The molecule has 31 heavy (non-hydrogen) atoms. The Morgan fingerprint density at radius 2 is 1.03 bits per heavy atom. The van der Waals surface area contributed by atoms with Gasteiger partial charge < -0.3 is 19.7 Å². The molecule has 4 rings (SSSR count). The molecule has 4 aromatic rings. The van der Waals surface area contributed by atoms with Gasteiger partial charge in [0.05, 0.1) is 13.2 Å². The lowest BCUT2D eigenvalue weighted by molar-refractivity contribution is 0.197. The lowest BCUT2D eigenvalue weighted by atomic mass is 9.73. The molecule has 0 saturated carbocycles. The van der Waals surface area contributed by atoms with Crippen LogP contribution in [0.25, 0.3) is 21.5 Å². The van der Waals surface area contributed by atoms with Crippen LogP contribution in [0.5, 0.6) is 11.5 Å². The Kier molecular flexibility index (Phi) is 6.12. The first kappa shape index (κ1) is 21.2. The lowest BCUT2D eigenvalue weighted by Crippen LogP contribution is -2.23. The van der Waals surface area contributed by atoms with Crippen LogP contribution < -0.4 is 9.47 Å². The topological polar surface area (TPSA) is 58.9 Å². The smallest absolute Gasteiger partial charge is 0.124 e. The Bertz CT molecular complexity index is 1100. The zero-order valence-corrected chi connectivity index (χ0v) is 18.0. The third kappa shape index (κ3) is 3.97. The maximum Gasteiger partial charge on any atom is 0.124 e. The molecular formula is C27H28O4. The molecule has 160 valence electrons. The number of rotatable bonds is 8. The van der Waals surface area contributed by atoms with E-state index in [4.69, 9.17) is 9.47 Å². The third-order valence-corrected chi connectivity index (χ3v) is 5.73. The van der Waals surface area contributed by atoms with Crippen LogP contribution in [0.4, 0.5) is 0 Å². The molecule has 0 unspecified atom stereocenters. The number of fused-ring (bicyclic) bond motifs is 2. The normalized spacial score (nSPS) is 11.7. The first-order valence-corrected chi connectivity index (χ1v) is 10.6. The monoisotopic (exact) mass is 416 g/mol. The zero-order valence-electron chi connectivity index (χ0n) is 18.0. The van der Waals surface area contributed by atoms with Gasteiger partial charge in [0.25, 0.3) is 0 Å². The fourth-order valence-corrected chi connectivity index (χ4v) is 4.47. The van der Waals surface area contributed by atoms with Gasteiger partial charge in [-0.25, -0.2) is 0 Å². The molecule has 0 aliphatic rings. The molecular weight excluding hydrogens is 388 g/mol. The van der Waals surface area contributed by atoms with Crippen LogP contribution in [0.2, 0.25) is 0 Å². The van der Waals surface area contributed by atoms with E-state index >= 15 is 0 Å². The minimum atomic E-state index is -0.489. The van der Waals surface area contributed by atoms with Gasteiger partial charge in [0.15, 0.2) is 0 Å². The van der Waals surface area contributed by atoms with Gasteiger partial charge in [-0.1, -0.05) is 74.5 Å². The number of benzene rings is 4. The van der Waals surface area contributed by atoms with Gasteiger partial charge in [0.2, 0.25) is 0 Å². The van der Waals surface area contributed by atoms with Gasteiger partial charge in [-0.2, -0.15) is 0 Å². The Hall–Kier alpha value is -3.08. The van der Waals surface area contributed by atoms with Crippen molar-refractivity contribution in [3.05, 3.63) is 83.9 Å². The molecule has 0 heterocycles. The fourth-order valence-electron chi connectivity index (χ4n) is 4.47. The Labute approximate surface area is 182 Å². The van der Waals surface area contributed by atoms with E-state index < -0.39 is 5.41 Å². The summed E-state index contributed by atoms with van der Waals surface area (Å²) in [6.45, 7) is 4.70. The molecule has 0 saturated heterocycles. The van der Waals surface area contributed by atoms with Gasteiger partial charge in [-0.3, -0.25) is 0 Å². The molecule has 0 bridgehead atoms. The van der Waals surface area contributed by atoms with E-state index in [2.05, 4.69) is 38.1 Å². The van der Waals surface area contributed by atoms with Crippen molar-refractivity contribution in [2.24, 2.45) is 0 Å². The Morgan fingerprint density at radius 1 is 0.613 bits per heavy atom. The van der Waals surface area contributed by atoms with Crippen LogP contribution in [0.1, 0.15) is 25.0 Å². The van der Waals surface area contributed by atoms with Crippen LogP contribution in [-0.2, 0) is 5.41 Å². The summed E-state index contributed by atoms with van der Waals surface area (Å²) in [5.41, 5.74) is 1.60. The fraction of sp³-hybridized carbons (Fsp3) is 0.259. The zero-order chi connectivity index (χ0) is 21.8. The van der Waals surface area contributed by atoms with Crippen LogP contribution in [-0.4, -0.2) is 36.6 Å². The molecule has 0 atom stereocenters. The van der Waals surface area contributed by atoms with Crippen molar-refractivity contribution in [3.63, 3.8) is 0 Å². The minimum absolute atomic E-state index is 0.0498. The molecule has 0 fully saturated rings.